The van der Waals surface area contributed by atoms with Crippen molar-refractivity contribution in [3.05, 3.63) is 192 Å². The number of rotatable bonds is 12. The van der Waals surface area contributed by atoms with Crippen molar-refractivity contribution in [3.8, 4) is 39.1 Å². The fourth-order valence-corrected chi connectivity index (χ4v) is 7.21. The van der Waals surface area contributed by atoms with Gasteiger partial charge in [0, 0.05) is 39.4 Å². The van der Waals surface area contributed by atoms with Crippen LogP contribution < -0.4 is 21.3 Å². The number of alkyl halides is 6. The molecule has 0 aliphatic carbocycles. The summed E-state index contributed by atoms with van der Waals surface area (Å²) in [6.45, 7) is 22.0. The van der Waals surface area contributed by atoms with E-state index in [2.05, 4.69) is 72.9 Å². The van der Waals surface area contributed by atoms with Crippen LogP contribution in [0.2, 0.25) is 0 Å². The van der Waals surface area contributed by atoms with Gasteiger partial charge in [0.2, 0.25) is 0 Å². The third kappa shape index (κ3) is 15.6. The van der Waals surface area contributed by atoms with Gasteiger partial charge in [-0.05, 0) is 139 Å². The van der Waals surface area contributed by atoms with Crippen LogP contribution in [0.1, 0.15) is 105 Å². The van der Waals surface area contributed by atoms with Crippen LogP contribution in [0.3, 0.4) is 0 Å². The van der Waals surface area contributed by atoms with Gasteiger partial charge in [-0.25, -0.2) is 0 Å². The van der Waals surface area contributed by atoms with Crippen molar-refractivity contribution in [1.82, 2.24) is 0 Å². The van der Waals surface area contributed by atoms with Crippen LogP contribution in [0.5, 0.6) is 5.75 Å². The molecule has 0 saturated carbocycles. The van der Waals surface area contributed by atoms with Crippen molar-refractivity contribution in [1.29, 1.82) is 0 Å². The number of nitrogens with one attached hydrogen (secondary N) is 4. The van der Waals surface area contributed by atoms with Gasteiger partial charge in [-0.3, -0.25) is 9.59 Å². The smallest absolute Gasteiger partial charge is 0.417 e. The highest BCUT2D eigenvalue weighted by atomic mass is 19.4. The summed E-state index contributed by atoms with van der Waals surface area (Å²) in [6.07, 6.45) is -8.71. The maximum Gasteiger partial charge on any atom is 0.417 e. The highest BCUT2D eigenvalue weighted by Gasteiger charge is 2.39. The van der Waals surface area contributed by atoms with Crippen molar-refractivity contribution in [2.75, 3.05) is 21.3 Å². The predicted molar refractivity (Wildman–Crippen MR) is 287 cm³/mol. The van der Waals surface area contributed by atoms with E-state index in [0.717, 1.165) is 46.9 Å². The molecular formula is C60H62F6N4O3. The molecule has 0 unspecified atom stereocenters. The number of anilines is 4. The summed E-state index contributed by atoms with van der Waals surface area (Å²) in [7, 11) is 0. The first kappa shape index (κ1) is 56.1. The van der Waals surface area contributed by atoms with Gasteiger partial charge in [0.25, 0.3) is 11.8 Å². The van der Waals surface area contributed by atoms with Gasteiger partial charge in [0.15, 0.2) is 0 Å². The fourth-order valence-electron chi connectivity index (χ4n) is 7.21. The Morgan fingerprint density at radius 1 is 0.534 bits per heavy atom. The molecule has 7 aromatic rings. The molecule has 2 amide bonds. The van der Waals surface area contributed by atoms with Crippen LogP contribution in [0.15, 0.2) is 158 Å². The number of hydrogen-bond acceptors (Lipinski definition) is 5. The Morgan fingerprint density at radius 2 is 0.890 bits per heavy atom. The molecule has 0 saturated heterocycles. The number of benzene rings is 7. The normalized spacial score (nSPS) is 11.3. The number of amides is 2. The lowest BCUT2D eigenvalue weighted by Gasteiger charge is -2.24. The van der Waals surface area contributed by atoms with E-state index in [1.807, 2.05) is 45.0 Å². The molecular weight excluding hydrogens is 939 g/mol. The molecule has 0 radical (unpaired) electrons. The lowest BCUT2D eigenvalue weighted by Crippen LogP contribution is -2.26. The molecule has 382 valence electrons. The summed E-state index contributed by atoms with van der Waals surface area (Å²) in [5.74, 6) is -0.312. The van der Waals surface area contributed by atoms with E-state index in [4.69, 9.17) is 0 Å². The highest BCUT2D eigenvalue weighted by Crippen LogP contribution is 2.45. The molecule has 0 spiro atoms. The first-order valence-corrected chi connectivity index (χ1v) is 23.9. The highest BCUT2D eigenvalue weighted by molar-refractivity contribution is 6.06. The second-order valence-corrected chi connectivity index (χ2v) is 18.5. The van der Waals surface area contributed by atoms with E-state index in [9.17, 15) is 41.0 Å². The molecule has 0 fully saturated rings. The number of hydrogen-bond donors (Lipinski definition) is 5. The molecule has 0 heterocycles. The van der Waals surface area contributed by atoms with Crippen LogP contribution in [-0.4, -0.2) is 22.5 Å². The first-order chi connectivity index (χ1) is 34.4. The van der Waals surface area contributed by atoms with Gasteiger partial charge in [0.05, 0.1) is 16.8 Å². The Labute approximate surface area is 424 Å². The Hall–Kier alpha value is -7.80. The maximum atomic E-state index is 14.4. The summed E-state index contributed by atoms with van der Waals surface area (Å²) in [5.41, 5.74) is 2.52. The Kier molecular flexibility index (Phi) is 18.5. The molecule has 13 heteroatoms. The van der Waals surface area contributed by atoms with Crippen LogP contribution in [0, 0.1) is 12.8 Å². The summed E-state index contributed by atoms with van der Waals surface area (Å²) >= 11 is 0. The zero-order chi connectivity index (χ0) is 53.8. The van der Waals surface area contributed by atoms with E-state index in [0.29, 0.717) is 39.8 Å². The van der Waals surface area contributed by atoms with E-state index in [1.54, 1.807) is 69.3 Å². The monoisotopic (exact) mass is 1000 g/mol. The lowest BCUT2D eigenvalue weighted by molar-refractivity contribution is -0.139. The van der Waals surface area contributed by atoms with E-state index in [-0.39, 0.29) is 22.7 Å². The number of carbonyl (C=O) groups is 2. The minimum absolute atomic E-state index is 0.0410. The topological polar surface area (TPSA) is 102 Å². The number of aromatic hydroxyl groups is 1. The molecule has 7 rings (SSSR count). The summed E-state index contributed by atoms with van der Waals surface area (Å²) in [5, 5.41) is 21.9. The van der Waals surface area contributed by atoms with Crippen molar-refractivity contribution < 1.29 is 41.0 Å². The van der Waals surface area contributed by atoms with E-state index >= 15 is 0 Å². The van der Waals surface area contributed by atoms with Gasteiger partial charge >= 0.3 is 12.4 Å². The standard InChI is InChI=1S/C53H44F6N4O3.C5H12.C2H6/c1-31-6-8-34(9-7-31)35-12-10-33(11-13-35)32(2)60-47-30-41(24-27-48(47)64)62-50(66)39-20-16-37(17-21-39)36-14-18-38(19-15-36)49(65)61-40-22-25-43(45(28-40)52(54,55)56)44-26-23-42(63-51(3,4)5)29-46(44)53(57,58)59;1-4-5(2)3;1-2/h6-30,60,63-64H,2H2,1,3-5H3,(H,61,65)(H,62,66);5H,4H2,1-3H3;1-2H3. The van der Waals surface area contributed by atoms with Gasteiger partial charge < -0.3 is 26.4 Å². The van der Waals surface area contributed by atoms with Gasteiger partial charge in [-0.2, -0.15) is 26.3 Å². The maximum absolute atomic E-state index is 14.4. The second-order valence-electron chi connectivity index (χ2n) is 18.5. The Morgan fingerprint density at radius 3 is 1.29 bits per heavy atom. The van der Waals surface area contributed by atoms with Crippen LogP contribution in [0.4, 0.5) is 49.1 Å². The molecule has 0 atom stereocenters. The SMILES string of the molecule is C=C(Nc1cc(NC(=O)c2ccc(-c3ccc(C(=O)Nc4ccc(-c5ccc(NC(C)(C)C)cc5C(F)(F)F)c(C(F)(F)F)c4)cc3)cc2)ccc1O)c1ccc(-c2ccc(C)cc2)cc1.CC.CCC(C)C. The van der Waals surface area contributed by atoms with Crippen LogP contribution in [-0.2, 0) is 12.4 Å². The number of phenols is 1. The summed E-state index contributed by atoms with van der Waals surface area (Å²) in [6, 6.07) is 39.2. The zero-order valence-corrected chi connectivity index (χ0v) is 42.5. The molecule has 73 heavy (non-hydrogen) atoms. The first-order valence-electron chi connectivity index (χ1n) is 23.9. The number of carbonyl (C=O) groups excluding carboxylic acids is 2. The minimum Gasteiger partial charge on any atom is -0.506 e. The fraction of sp³-hybridized carbons (Fsp3) is 0.233. The average Bonchev–Trinajstić information content (AvgIpc) is 3.35. The molecule has 7 nitrogen and oxygen atoms in total. The third-order valence-corrected chi connectivity index (χ3v) is 11.3. The van der Waals surface area contributed by atoms with Crippen molar-refractivity contribution in [2.24, 2.45) is 5.92 Å². The van der Waals surface area contributed by atoms with Gasteiger partial charge in [0.1, 0.15) is 5.75 Å². The second kappa shape index (κ2) is 24.1. The molecule has 0 bridgehead atoms. The zero-order valence-electron chi connectivity index (χ0n) is 42.5. The van der Waals surface area contributed by atoms with Crippen LogP contribution >= 0.6 is 0 Å². The quantitative estimate of drug-likeness (QED) is 0.0477. The Balaban J connectivity index is 0.00000133. The average molecular weight is 1000 g/mol. The van der Waals surface area contributed by atoms with Crippen molar-refractivity contribution in [2.45, 2.75) is 86.6 Å². The van der Waals surface area contributed by atoms with Crippen molar-refractivity contribution >= 4 is 40.3 Å². The van der Waals surface area contributed by atoms with Gasteiger partial charge in [-0.1, -0.05) is 138 Å². The minimum atomic E-state index is -5.06. The molecule has 0 aromatic heterocycles. The lowest BCUT2D eigenvalue weighted by atomic mass is 9.93. The number of aryl methyl sites for hydroxylation is 1. The van der Waals surface area contributed by atoms with Gasteiger partial charge in [-0.15, -0.1) is 0 Å². The Bertz CT molecular complexity index is 2990. The van der Waals surface area contributed by atoms with Crippen LogP contribution in [0.25, 0.3) is 39.1 Å². The summed E-state index contributed by atoms with van der Waals surface area (Å²) < 4.78 is 85.9. The van der Waals surface area contributed by atoms with Crippen molar-refractivity contribution in [3.63, 3.8) is 0 Å². The predicted octanol–water partition coefficient (Wildman–Crippen LogP) is 17.6. The molecule has 0 aliphatic heterocycles. The van der Waals surface area contributed by atoms with E-state index < -0.39 is 52.0 Å². The molecule has 7 aromatic carbocycles. The summed E-state index contributed by atoms with van der Waals surface area (Å²) in [4.78, 5) is 26.4. The number of phenolic OH excluding ortho intramolecular Hbond substituents is 1. The van der Waals surface area contributed by atoms with E-state index in [1.165, 1.54) is 36.2 Å². The largest absolute Gasteiger partial charge is 0.506 e. The number of halogens is 6. The molecule has 0 aliphatic rings. The molecule has 5 N–H and O–H groups in total. The third-order valence-electron chi connectivity index (χ3n) is 11.3.